The van der Waals surface area contributed by atoms with Gasteiger partial charge in [0, 0.05) is 12.3 Å². The summed E-state index contributed by atoms with van der Waals surface area (Å²) < 4.78 is 12.1. The van der Waals surface area contributed by atoms with Gasteiger partial charge in [-0.05, 0) is 43.9 Å². The Kier molecular flexibility index (Phi) is 3.15. The van der Waals surface area contributed by atoms with Crippen LogP contribution in [0, 0.1) is 23.7 Å². The van der Waals surface area contributed by atoms with Crippen LogP contribution in [-0.4, -0.2) is 29.7 Å². The lowest BCUT2D eigenvalue weighted by atomic mass is 9.57. The Labute approximate surface area is 130 Å². The summed E-state index contributed by atoms with van der Waals surface area (Å²) in [5.74, 6) is -0.233. The highest BCUT2D eigenvalue weighted by Gasteiger charge is 2.69. The Morgan fingerprint density at radius 3 is 2.64 bits per heavy atom. The predicted octanol–water partition coefficient (Wildman–Crippen LogP) is 1.72. The van der Waals surface area contributed by atoms with Crippen molar-refractivity contribution in [1.29, 1.82) is 0 Å². The second-order valence-electron chi connectivity index (χ2n) is 7.73. The molecule has 4 aliphatic heterocycles. The molecule has 1 saturated carbocycles. The molecule has 5 fully saturated rings. The molecule has 0 aromatic rings. The molecular formula is C16H25NO5. The minimum Gasteiger partial charge on any atom is -0.367 e. The largest absolute Gasteiger partial charge is 0.367 e. The van der Waals surface area contributed by atoms with E-state index in [4.69, 9.17) is 25.0 Å². The summed E-state index contributed by atoms with van der Waals surface area (Å²) in [7, 11) is 0. The van der Waals surface area contributed by atoms with Gasteiger partial charge in [0.05, 0.1) is 0 Å². The monoisotopic (exact) mass is 311 g/mol. The Hall–Kier alpha value is -0.690. The van der Waals surface area contributed by atoms with Crippen LogP contribution in [0.15, 0.2) is 0 Å². The zero-order chi connectivity index (χ0) is 15.7. The van der Waals surface area contributed by atoms with E-state index in [-0.39, 0.29) is 11.8 Å². The third kappa shape index (κ3) is 1.78. The van der Waals surface area contributed by atoms with Crippen LogP contribution in [0.5, 0.6) is 0 Å². The zero-order valence-electron chi connectivity index (χ0n) is 13.4. The van der Waals surface area contributed by atoms with Crippen molar-refractivity contribution in [3.8, 4) is 0 Å². The van der Waals surface area contributed by atoms with E-state index in [0.29, 0.717) is 11.8 Å². The number of nitrogens with two attached hydrogens (primary N) is 1. The highest BCUT2D eigenvalue weighted by atomic mass is 17.3. The molecule has 8 atom stereocenters. The number of carbonyl (C=O) groups excluding carboxylic acids is 1. The first-order valence-electron chi connectivity index (χ1n) is 8.37. The molecule has 0 aromatic carbocycles. The first-order chi connectivity index (χ1) is 10.4. The predicted molar refractivity (Wildman–Crippen MR) is 76.0 cm³/mol. The van der Waals surface area contributed by atoms with E-state index in [1.807, 2.05) is 13.8 Å². The van der Waals surface area contributed by atoms with Crippen molar-refractivity contribution in [3.05, 3.63) is 0 Å². The van der Waals surface area contributed by atoms with E-state index in [0.717, 1.165) is 25.7 Å². The zero-order valence-corrected chi connectivity index (χ0v) is 13.4. The number of fused-ring (bicyclic) bond motifs is 2. The van der Waals surface area contributed by atoms with Gasteiger partial charge in [-0.25, -0.2) is 9.78 Å². The highest BCUT2D eigenvalue weighted by Crippen LogP contribution is 2.60. The van der Waals surface area contributed by atoms with Crippen molar-refractivity contribution < 1.29 is 24.0 Å². The molecule has 6 nitrogen and oxygen atoms in total. The van der Waals surface area contributed by atoms with Gasteiger partial charge in [-0.3, -0.25) is 4.79 Å². The van der Waals surface area contributed by atoms with Crippen molar-refractivity contribution in [2.75, 3.05) is 0 Å². The minimum atomic E-state index is -0.805. The number of hydrogen-bond donors (Lipinski definition) is 1. The SMILES string of the molecule is CC1CCC2C(C)C(C(N)=O)OC3OC4(C)CCC1C32OO4. The Morgan fingerprint density at radius 1 is 1.14 bits per heavy atom. The fraction of sp³-hybridized carbons (Fsp3) is 0.938. The minimum absolute atomic E-state index is 0.00148. The average molecular weight is 311 g/mol. The Morgan fingerprint density at radius 2 is 1.91 bits per heavy atom. The molecule has 2 bridgehead atoms. The third-order valence-electron chi connectivity index (χ3n) is 6.44. The Bertz CT molecular complexity index is 499. The number of carbonyl (C=O) groups is 1. The maximum Gasteiger partial charge on any atom is 0.246 e. The van der Waals surface area contributed by atoms with Crippen LogP contribution in [0.2, 0.25) is 0 Å². The number of hydrogen-bond acceptors (Lipinski definition) is 5. The molecule has 0 radical (unpaired) electrons. The van der Waals surface area contributed by atoms with Crippen LogP contribution >= 0.6 is 0 Å². The van der Waals surface area contributed by atoms with Crippen LogP contribution in [-0.2, 0) is 24.0 Å². The molecule has 4 saturated heterocycles. The summed E-state index contributed by atoms with van der Waals surface area (Å²) in [6, 6.07) is 0. The molecular weight excluding hydrogens is 286 g/mol. The van der Waals surface area contributed by atoms with Crippen molar-refractivity contribution in [2.24, 2.45) is 29.4 Å². The fourth-order valence-electron chi connectivity index (χ4n) is 5.23. The number of ether oxygens (including phenoxy) is 2. The van der Waals surface area contributed by atoms with Gasteiger partial charge >= 0.3 is 0 Å². The van der Waals surface area contributed by atoms with E-state index in [1.54, 1.807) is 0 Å². The first kappa shape index (κ1) is 14.9. The standard InChI is InChI=1S/C16H25NO5/c1-8-4-5-11-9(2)12(13(17)18)19-14-16(11)10(8)6-7-15(3,20-14)21-22-16/h8-12,14H,4-7H2,1-3H3,(H2,17,18). The smallest absolute Gasteiger partial charge is 0.246 e. The number of rotatable bonds is 1. The topological polar surface area (TPSA) is 80.0 Å². The van der Waals surface area contributed by atoms with E-state index < -0.39 is 29.7 Å². The van der Waals surface area contributed by atoms with Crippen LogP contribution < -0.4 is 5.73 Å². The molecule has 4 heterocycles. The van der Waals surface area contributed by atoms with Crippen LogP contribution in [0.3, 0.4) is 0 Å². The molecule has 5 aliphatic rings. The van der Waals surface area contributed by atoms with Crippen LogP contribution in [0.4, 0.5) is 0 Å². The van der Waals surface area contributed by atoms with Gasteiger partial charge < -0.3 is 15.2 Å². The number of primary amides is 1. The molecule has 22 heavy (non-hydrogen) atoms. The maximum absolute atomic E-state index is 11.8. The molecule has 1 amide bonds. The quantitative estimate of drug-likeness (QED) is 0.746. The lowest BCUT2D eigenvalue weighted by molar-refractivity contribution is -0.569. The molecule has 5 rings (SSSR count). The molecule has 6 heteroatoms. The highest BCUT2D eigenvalue weighted by molar-refractivity contribution is 5.79. The molecule has 1 aliphatic carbocycles. The number of amides is 1. The third-order valence-corrected chi connectivity index (χ3v) is 6.44. The van der Waals surface area contributed by atoms with Crippen molar-refractivity contribution in [2.45, 2.75) is 70.2 Å². The first-order valence-corrected chi connectivity index (χ1v) is 8.37. The Balaban J connectivity index is 1.80. The van der Waals surface area contributed by atoms with Crippen LogP contribution in [0.25, 0.3) is 0 Å². The molecule has 2 N–H and O–H groups in total. The van der Waals surface area contributed by atoms with E-state index in [1.165, 1.54) is 0 Å². The maximum atomic E-state index is 11.8. The summed E-state index contributed by atoms with van der Waals surface area (Å²) in [4.78, 5) is 23.5. The van der Waals surface area contributed by atoms with Crippen molar-refractivity contribution >= 4 is 5.91 Å². The van der Waals surface area contributed by atoms with Gasteiger partial charge in [0.1, 0.15) is 6.10 Å². The van der Waals surface area contributed by atoms with Gasteiger partial charge in [0.15, 0.2) is 11.9 Å². The summed E-state index contributed by atoms with van der Waals surface area (Å²) in [6.07, 6.45) is 2.65. The van der Waals surface area contributed by atoms with Crippen LogP contribution in [0.1, 0.15) is 46.5 Å². The lowest BCUT2D eigenvalue weighted by Gasteiger charge is -2.60. The lowest BCUT2D eigenvalue weighted by Crippen LogP contribution is -2.71. The molecule has 0 aromatic heterocycles. The van der Waals surface area contributed by atoms with Gasteiger partial charge in [0.25, 0.3) is 0 Å². The summed E-state index contributed by atoms with van der Waals surface area (Å²) in [5, 5.41) is 0. The molecule has 124 valence electrons. The molecule has 1 spiro atoms. The molecule has 8 unspecified atom stereocenters. The van der Waals surface area contributed by atoms with E-state index in [2.05, 4.69) is 6.92 Å². The summed E-state index contributed by atoms with van der Waals surface area (Å²) in [5.41, 5.74) is 4.94. The van der Waals surface area contributed by atoms with Crippen molar-refractivity contribution in [1.82, 2.24) is 0 Å². The normalized spacial score (nSPS) is 57.0. The fourth-order valence-corrected chi connectivity index (χ4v) is 5.23. The van der Waals surface area contributed by atoms with E-state index >= 15 is 0 Å². The second-order valence-corrected chi connectivity index (χ2v) is 7.73. The second kappa shape index (κ2) is 4.66. The van der Waals surface area contributed by atoms with Gasteiger partial charge in [0.2, 0.25) is 11.7 Å². The van der Waals surface area contributed by atoms with Gasteiger partial charge in [-0.2, -0.15) is 0 Å². The van der Waals surface area contributed by atoms with Gasteiger partial charge in [-0.1, -0.05) is 13.8 Å². The summed E-state index contributed by atoms with van der Waals surface area (Å²) >= 11 is 0. The average Bonchev–Trinajstić information content (AvgIpc) is 2.69. The van der Waals surface area contributed by atoms with E-state index in [9.17, 15) is 4.79 Å². The summed E-state index contributed by atoms with van der Waals surface area (Å²) in [6.45, 7) is 6.17. The van der Waals surface area contributed by atoms with Crippen molar-refractivity contribution in [3.63, 3.8) is 0 Å². The van der Waals surface area contributed by atoms with Gasteiger partial charge in [-0.15, -0.1) is 0 Å².